The molecule has 0 fully saturated rings. The molecule has 2 amide bonds. The number of hydrogen-bond donors (Lipinski definition) is 2. The zero-order valence-electron chi connectivity index (χ0n) is 17.1. The second-order valence-corrected chi connectivity index (χ2v) is 7.29. The van der Waals surface area contributed by atoms with Crippen LogP contribution in [0.15, 0.2) is 48.5 Å². The number of anilines is 1. The molecular weight excluding hydrogens is 390 g/mol. The monoisotopic (exact) mass is 417 g/mol. The van der Waals surface area contributed by atoms with E-state index in [4.69, 9.17) is 16.3 Å². The predicted molar refractivity (Wildman–Crippen MR) is 116 cm³/mol. The SMILES string of the molecule is COCCCNC(=O)CN(C)C(C(=O)Nc1ccc(C)c(Cl)c1)c1ccccc1. The van der Waals surface area contributed by atoms with Crippen molar-refractivity contribution in [2.45, 2.75) is 19.4 Å². The van der Waals surface area contributed by atoms with E-state index in [-0.39, 0.29) is 18.4 Å². The van der Waals surface area contributed by atoms with Crippen LogP contribution in [0.5, 0.6) is 0 Å². The highest BCUT2D eigenvalue weighted by atomic mass is 35.5. The fraction of sp³-hybridized carbons (Fsp3) is 0.364. The molecule has 156 valence electrons. The van der Waals surface area contributed by atoms with E-state index >= 15 is 0 Å². The summed E-state index contributed by atoms with van der Waals surface area (Å²) in [5, 5.41) is 6.34. The highest BCUT2D eigenvalue weighted by Gasteiger charge is 2.26. The molecule has 0 heterocycles. The van der Waals surface area contributed by atoms with Crippen LogP contribution in [-0.4, -0.2) is 50.6 Å². The number of ether oxygens (including phenoxy) is 1. The average Bonchev–Trinajstić information content (AvgIpc) is 2.69. The van der Waals surface area contributed by atoms with Gasteiger partial charge in [0.25, 0.3) is 0 Å². The molecule has 2 rings (SSSR count). The minimum atomic E-state index is -0.624. The number of benzene rings is 2. The number of amides is 2. The predicted octanol–water partition coefficient (Wildman–Crippen LogP) is 3.41. The third-order valence-corrected chi connectivity index (χ3v) is 4.89. The van der Waals surface area contributed by atoms with Gasteiger partial charge < -0.3 is 15.4 Å². The van der Waals surface area contributed by atoms with E-state index in [0.29, 0.717) is 23.9 Å². The van der Waals surface area contributed by atoms with Gasteiger partial charge in [-0.2, -0.15) is 0 Å². The van der Waals surface area contributed by atoms with Crippen molar-refractivity contribution >= 4 is 29.1 Å². The average molecular weight is 418 g/mol. The van der Waals surface area contributed by atoms with Crippen molar-refractivity contribution in [2.24, 2.45) is 0 Å². The van der Waals surface area contributed by atoms with E-state index in [2.05, 4.69) is 10.6 Å². The van der Waals surface area contributed by atoms with E-state index in [1.165, 1.54) is 0 Å². The molecule has 0 radical (unpaired) electrons. The Bertz CT molecular complexity index is 814. The second-order valence-electron chi connectivity index (χ2n) is 6.88. The van der Waals surface area contributed by atoms with E-state index in [1.807, 2.05) is 49.4 Å². The van der Waals surface area contributed by atoms with E-state index in [9.17, 15) is 9.59 Å². The number of rotatable bonds is 10. The number of nitrogens with zero attached hydrogens (tertiary/aromatic N) is 1. The normalized spacial score (nSPS) is 11.9. The van der Waals surface area contributed by atoms with Gasteiger partial charge in [0.05, 0.1) is 6.54 Å². The number of likely N-dealkylation sites (N-methyl/N-ethyl adjacent to an activating group) is 1. The van der Waals surface area contributed by atoms with Crippen LogP contribution >= 0.6 is 11.6 Å². The van der Waals surface area contributed by atoms with Crippen LogP contribution in [0.2, 0.25) is 5.02 Å². The largest absolute Gasteiger partial charge is 0.385 e. The lowest BCUT2D eigenvalue weighted by Gasteiger charge is -2.27. The summed E-state index contributed by atoms with van der Waals surface area (Å²) in [4.78, 5) is 27.1. The molecule has 1 atom stereocenters. The standard InChI is InChI=1S/C22H28ClN3O3/c1-16-10-11-18(14-19(16)23)25-22(28)21(17-8-5-4-6-9-17)26(2)15-20(27)24-12-7-13-29-3/h4-6,8-11,14,21H,7,12-13,15H2,1-3H3,(H,24,27)(H,25,28). The number of aryl methyl sites for hydroxylation is 1. The summed E-state index contributed by atoms with van der Waals surface area (Å²) in [5.41, 5.74) is 2.35. The van der Waals surface area contributed by atoms with Crippen molar-refractivity contribution in [1.82, 2.24) is 10.2 Å². The molecule has 1 unspecified atom stereocenters. The van der Waals surface area contributed by atoms with Crippen LogP contribution in [0.1, 0.15) is 23.6 Å². The van der Waals surface area contributed by atoms with Crippen molar-refractivity contribution in [3.05, 3.63) is 64.7 Å². The Morgan fingerprint density at radius 1 is 1.17 bits per heavy atom. The number of halogens is 1. The molecule has 0 saturated heterocycles. The minimum Gasteiger partial charge on any atom is -0.385 e. The Balaban J connectivity index is 2.11. The zero-order valence-corrected chi connectivity index (χ0v) is 17.8. The molecule has 0 aromatic heterocycles. The first kappa shape index (κ1) is 22.9. The van der Waals surface area contributed by atoms with Crippen molar-refractivity contribution in [2.75, 3.05) is 39.2 Å². The topological polar surface area (TPSA) is 70.7 Å². The van der Waals surface area contributed by atoms with Crippen molar-refractivity contribution in [1.29, 1.82) is 0 Å². The first-order valence-electron chi connectivity index (χ1n) is 9.50. The minimum absolute atomic E-state index is 0.0919. The quantitative estimate of drug-likeness (QED) is 0.581. The third-order valence-electron chi connectivity index (χ3n) is 4.48. The van der Waals surface area contributed by atoms with Crippen LogP contribution in [0.3, 0.4) is 0 Å². The van der Waals surface area contributed by atoms with Gasteiger partial charge in [-0.1, -0.05) is 48.0 Å². The van der Waals surface area contributed by atoms with Crippen molar-refractivity contribution in [3.8, 4) is 0 Å². The fourth-order valence-corrected chi connectivity index (χ4v) is 3.12. The lowest BCUT2D eigenvalue weighted by molar-refractivity contribution is -0.125. The highest BCUT2D eigenvalue weighted by molar-refractivity contribution is 6.31. The molecule has 2 aromatic carbocycles. The number of methoxy groups -OCH3 is 1. The van der Waals surface area contributed by atoms with Gasteiger partial charge in [-0.15, -0.1) is 0 Å². The maximum absolute atomic E-state index is 13.1. The van der Waals surface area contributed by atoms with Gasteiger partial charge in [-0.05, 0) is 43.7 Å². The molecule has 6 nitrogen and oxygen atoms in total. The van der Waals surface area contributed by atoms with Gasteiger partial charge in [0, 0.05) is 31.0 Å². The number of nitrogens with one attached hydrogen (secondary N) is 2. The zero-order chi connectivity index (χ0) is 21.2. The van der Waals surface area contributed by atoms with E-state index in [0.717, 1.165) is 17.5 Å². The van der Waals surface area contributed by atoms with Crippen molar-refractivity contribution in [3.63, 3.8) is 0 Å². The van der Waals surface area contributed by atoms with Crippen LogP contribution < -0.4 is 10.6 Å². The van der Waals surface area contributed by atoms with Crippen LogP contribution in [0.4, 0.5) is 5.69 Å². The van der Waals surface area contributed by atoms with E-state index in [1.54, 1.807) is 25.1 Å². The van der Waals surface area contributed by atoms with Gasteiger partial charge in [0.1, 0.15) is 6.04 Å². The Hall–Kier alpha value is -2.41. The van der Waals surface area contributed by atoms with Gasteiger partial charge >= 0.3 is 0 Å². The molecule has 2 aromatic rings. The molecular formula is C22H28ClN3O3. The second kappa shape index (κ2) is 11.6. The van der Waals surface area contributed by atoms with Crippen molar-refractivity contribution < 1.29 is 14.3 Å². The van der Waals surface area contributed by atoms with Crippen LogP contribution in [0, 0.1) is 6.92 Å². The Morgan fingerprint density at radius 2 is 1.90 bits per heavy atom. The number of carbonyl (C=O) groups is 2. The fourth-order valence-electron chi connectivity index (χ4n) is 2.94. The Kier molecular flexibility index (Phi) is 9.12. The molecule has 0 spiro atoms. The summed E-state index contributed by atoms with van der Waals surface area (Å²) < 4.78 is 4.98. The number of hydrogen-bond acceptors (Lipinski definition) is 4. The van der Waals surface area contributed by atoms with Crippen LogP contribution in [-0.2, 0) is 14.3 Å². The van der Waals surface area contributed by atoms with Gasteiger partial charge in [0.2, 0.25) is 11.8 Å². The third kappa shape index (κ3) is 7.16. The van der Waals surface area contributed by atoms with Gasteiger partial charge in [-0.3, -0.25) is 14.5 Å². The lowest BCUT2D eigenvalue weighted by Crippen LogP contribution is -2.41. The molecule has 7 heteroatoms. The van der Waals surface area contributed by atoms with Gasteiger partial charge in [0.15, 0.2) is 0 Å². The molecule has 0 aliphatic heterocycles. The highest BCUT2D eigenvalue weighted by Crippen LogP contribution is 2.24. The molecule has 2 N–H and O–H groups in total. The smallest absolute Gasteiger partial charge is 0.246 e. The Morgan fingerprint density at radius 3 is 2.55 bits per heavy atom. The number of carbonyl (C=O) groups excluding carboxylic acids is 2. The first-order valence-corrected chi connectivity index (χ1v) is 9.88. The molecule has 29 heavy (non-hydrogen) atoms. The molecule has 0 saturated carbocycles. The maximum Gasteiger partial charge on any atom is 0.246 e. The molecule has 0 bridgehead atoms. The summed E-state index contributed by atoms with van der Waals surface area (Å²) in [6.45, 7) is 3.11. The van der Waals surface area contributed by atoms with E-state index < -0.39 is 6.04 Å². The van der Waals surface area contributed by atoms with Gasteiger partial charge in [-0.25, -0.2) is 0 Å². The lowest BCUT2D eigenvalue weighted by atomic mass is 10.0. The molecule has 0 aliphatic carbocycles. The summed E-state index contributed by atoms with van der Waals surface area (Å²) in [5.74, 6) is -0.374. The first-order chi connectivity index (χ1) is 13.9. The maximum atomic E-state index is 13.1. The molecule has 0 aliphatic rings. The summed E-state index contributed by atoms with van der Waals surface area (Å²) in [7, 11) is 3.38. The summed E-state index contributed by atoms with van der Waals surface area (Å²) >= 11 is 6.17. The summed E-state index contributed by atoms with van der Waals surface area (Å²) in [6, 6.07) is 14.1. The van der Waals surface area contributed by atoms with Crippen LogP contribution in [0.25, 0.3) is 0 Å². The Labute approximate surface area is 177 Å². The summed E-state index contributed by atoms with van der Waals surface area (Å²) in [6.07, 6.45) is 0.739.